The number of carboxylic acid groups (broad SMARTS) is 1. The zero-order valence-corrected chi connectivity index (χ0v) is 10.7. The lowest BCUT2D eigenvalue weighted by Crippen LogP contribution is -2.08. The molecule has 0 radical (unpaired) electrons. The number of aromatic carboxylic acids is 1. The summed E-state index contributed by atoms with van der Waals surface area (Å²) < 4.78 is 26.5. The predicted molar refractivity (Wildman–Crippen MR) is 72.5 cm³/mol. The average Bonchev–Trinajstić information content (AvgIpc) is 2.32. The Hall–Kier alpha value is -2.34. The van der Waals surface area contributed by atoms with E-state index < -0.39 is 28.9 Å². The van der Waals surface area contributed by atoms with Gasteiger partial charge in [-0.15, -0.1) is 0 Å². The number of nitrogen functional groups attached to an aromatic ring is 1. The fraction of sp³-hybridized carbons (Fsp3) is 0. The zero-order chi connectivity index (χ0) is 14.9. The summed E-state index contributed by atoms with van der Waals surface area (Å²) in [6, 6.07) is 5.84. The van der Waals surface area contributed by atoms with E-state index in [0.717, 1.165) is 18.2 Å². The molecule has 0 aromatic heterocycles. The van der Waals surface area contributed by atoms with Crippen LogP contribution in [0.15, 0.2) is 30.3 Å². The maximum Gasteiger partial charge on any atom is 0.340 e. The van der Waals surface area contributed by atoms with Crippen LogP contribution in [0.2, 0.25) is 5.02 Å². The van der Waals surface area contributed by atoms with Crippen LogP contribution in [-0.2, 0) is 0 Å². The van der Waals surface area contributed by atoms with Crippen LogP contribution < -0.4 is 11.1 Å². The number of nitrogens with two attached hydrogens (primary N) is 1. The van der Waals surface area contributed by atoms with Crippen molar-refractivity contribution < 1.29 is 18.7 Å². The molecule has 0 amide bonds. The quantitative estimate of drug-likeness (QED) is 0.756. The minimum atomic E-state index is -1.40. The molecule has 0 fully saturated rings. The lowest BCUT2D eigenvalue weighted by Gasteiger charge is -2.12. The van der Waals surface area contributed by atoms with E-state index in [1.807, 2.05) is 0 Å². The van der Waals surface area contributed by atoms with E-state index in [4.69, 9.17) is 22.4 Å². The van der Waals surface area contributed by atoms with Crippen LogP contribution in [-0.4, -0.2) is 11.1 Å². The van der Waals surface area contributed by atoms with Crippen molar-refractivity contribution in [1.29, 1.82) is 0 Å². The number of hydrogen-bond acceptors (Lipinski definition) is 3. The fourth-order valence-electron chi connectivity index (χ4n) is 1.71. The van der Waals surface area contributed by atoms with Gasteiger partial charge in [0, 0.05) is 10.7 Å². The number of carboxylic acids is 1. The summed E-state index contributed by atoms with van der Waals surface area (Å²) in [4.78, 5) is 11.1. The number of hydrogen-bond donors (Lipinski definition) is 3. The summed E-state index contributed by atoms with van der Waals surface area (Å²) in [7, 11) is 0. The highest BCUT2D eigenvalue weighted by Gasteiger charge is 2.17. The van der Waals surface area contributed by atoms with Gasteiger partial charge in [-0.2, -0.15) is 0 Å². The molecule has 0 spiro atoms. The first-order valence-corrected chi connectivity index (χ1v) is 5.80. The Morgan fingerprint density at radius 1 is 1.25 bits per heavy atom. The van der Waals surface area contributed by atoms with E-state index in [2.05, 4.69) is 5.32 Å². The molecule has 4 N–H and O–H groups in total. The Morgan fingerprint density at radius 2 is 1.95 bits per heavy atom. The Kier molecular flexibility index (Phi) is 3.76. The Labute approximate surface area is 117 Å². The monoisotopic (exact) mass is 298 g/mol. The molecule has 0 unspecified atom stereocenters. The van der Waals surface area contributed by atoms with Crippen LogP contribution in [0.25, 0.3) is 0 Å². The lowest BCUT2D eigenvalue weighted by atomic mass is 10.1. The molecule has 0 aliphatic carbocycles. The van der Waals surface area contributed by atoms with Gasteiger partial charge in [-0.05, 0) is 30.3 Å². The van der Waals surface area contributed by atoms with E-state index in [1.165, 1.54) is 12.1 Å². The first-order chi connectivity index (χ1) is 9.38. The molecule has 0 aliphatic heterocycles. The molecule has 0 saturated carbocycles. The van der Waals surface area contributed by atoms with Gasteiger partial charge in [-0.1, -0.05) is 11.6 Å². The van der Waals surface area contributed by atoms with Crippen LogP contribution in [0.1, 0.15) is 10.4 Å². The topological polar surface area (TPSA) is 75.3 Å². The normalized spacial score (nSPS) is 10.3. The fourth-order valence-corrected chi connectivity index (χ4v) is 1.93. The number of carbonyl (C=O) groups is 1. The second kappa shape index (κ2) is 5.34. The molecule has 7 heteroatoms. The molecular weight excluding hydrogens is 290 g/mol. The van der Waals surface area contributed by atoms with Crippen molar-refractivity contribution >= 4 is 34.6 Å². The van der Waals surface area contributed by atoms with Gasteiger partial charge in [-0.3, -0.25) is 0 Å². The smallest absolute Gasteiger partial charge is 0.340 e. The van der Waals surface area contributed by atoms with E-state index in [-0.39, 0.29) is 16.4 Å². The highest BCUT2D eigenvalue weighted by atomic mass is 35.5. The van der Waals surface area contributed by atoms with Gasteiger partial charge < -0.3 is 16.2 Å². The average molecular weight is 299 g/mol. The van der Waals surface area contributed by atoms with Crippen LogP contribution >= 0.6 is 11.6 Å². The minimum absolute atomic E-state index is 0.0399. The van der Waals surface area contributed by atoms with Crippen molar-refractivity contribution in [3.8, 4) is 0 Å². The van der Waals surface area contributed by atoms with E-state index >= 15 is 0 Å². The van der Waals surface area contributed by atoms with Crippen LogP contribution in [0.4, 0.5) is 25.8 Å². The second-order valence-electron chi connectivity index (χ2n) is 3.97. The Morgan fingerprint density at radius 3 is 2.55 bits per heavy atom. The maximum absolute atomic E-state index is 13.3. The SMILES string of the molecule is Nc1c(F)ccc(Nc2cc(F)cc(Cl)c2)c1C(=O)O. The number of halogens is 3. The van der Waals surface area contributed by atoms with Crippen molar-refractivity contribution in [2.24, 2.45) is 0 Å². The molecule has 0 aliphatic rings. The summed E-state index contributed by atoms with van der Waals surface area (Å²) in [5.74, 6) is -2.83. The lowest BCUT2D eigenvalue weighted by molar-refractivity contribution is 0.0698. The number of benzene rings is 2. The van der Waals surface area contributed by atoms with Gasteiger partial charge in [0.05, 0.1) is 11.4 Å². The molecule has 4 nitrogen and oxygen atoms in total. The Bertz CT molecular complexity index is 672. The molecule has 20 heavy (non-hydrogen) atoms. The third-order valence-corrected chi connectivity index (χ3v) is 2.77. The largest absolute Gasteiger partial charge is 0.478 e. The third kappa shape index (κ3) is 2.80. The number of rotatable bonds is 3. The van der Waals surface area contributed by atoms with Crippen molar-refractivity contribution in [2.45, 2.75) is 0 Å². The minimum Gasteiger partial charge on any atom is -0.478 e. The molecule has 2 aromatic rings. The van der Waals surface area contributed by atoms with E-state index in [9.17, 15) is 13.6 Å². The highest BCUT2D eigenvalue weighted by molar-refractivity contribution is 6.30. The molecule has 2 rings (SSSR count). The van der Waals surface area contributed by atoms with Gasteiger partial charge in [0.1, 0.15) is 17.2 Å². The summed E-state index contributed by atoms with van der Waals surface area (Å²) in [6.45, 7) is 0. The van der Waals surface area contributed by atoms with Crippen molar-refractivity contribution in [1.82, 2.24) is 0 Å². The van der Waals surface area contributed by atoms with Crippen molar-refractivity contribution in [3.05, 3.63) is 52.6 Å². The van der Waals surface area contributed by atoms with Crippen LogP contribution in [0.5, 0.6) is 0 Å². The third-order valence-electron chi connectivity index (χ3n) is 2.55. The number of anilines is 3. The molecule has 0 saturated heterocycles. The van der Waals surface area contributed by atoms with Gasteiger partial charge in [0.2, 0.25) is 0 Å². The van der Waals surface area contributed by atoms with Gasteiger partial charge >= 0.3 is 5.97 Å². The summed E-state index contributed by atoms with van der Waals surface area (Å²) in [5, 5.41) is 11.9. The van der Waals surface area contributed by atoms with Crippen molar-refractivity contribution in [3.63, 3.8) is 0 Å². The standard InChI is InChI=1S/C13H9ClF2N2O2/c14-6-3-7(15)5-8(4-6)18-10-2-1-9(16)12(17)11(10)13(19)20/h1-5,18H,17H2,(H,19,20). The van der Waals surface area contributed by atoms with Crippen LogP contribution in [0, 0.1) is 11.6 Å². The molecule has 0 atom stereocenters. The van der Waals surface area contributed by atoms with E-state index in [0.29, 0.717) is 0 Å². The highest BCUT2D eigenvalue weighted by Crippen LogP contribution is 2.29. The summed E-state index contributed by atoms with van der Waals surface area (Å²) in [6.07, 6.45) is 0. The molecule has 2 aromatic carbocycles. The second-order valence-corrected chi connectivity index (χ2v) is 4.41. The van der Waals surface area contributed by atoms with Crippen molar-refractivity contribution in [2.75, 3.05) is 11.1 Å². The van der Waals surface area contributed by atoms with E-state index in [1.54, 1.807) is 0 Å². The zero-order valence-electron chi connectivity index (χ0n) is 9.95. The first-order valence-electron chi connectivity index (χ1n) is 5.43. The van der Waals surface area contributed by atoms with Gasteiger partial charge in [0.15, 0.2) is 0 Å². The Balaban J connectivity index is 2.48. The molecular formula is C13H9ClF2N2O2. The van der Waals surface area contributed by atoms with Crippen LogP contribution in [0.3, 0.4) is 0 Å². The maximum atomic E-state index is 13.3. The van der Waals surface area contributed by atoms with Gasteiger partial charge in [0.25, 0.3) is 0 Å². The molecule has 104 valence electrons. The number of nitrogens with one attached hydrogen (secondary N) is 1. The summed E-state index contributed by atoms with van der Waals surface area (Å²) in [5.41, 5.74) is 4.75. The van der Waals surface area contributed by atoms with Gasteiger partial charge in [-0.25, -0.2) is 13.6 Å². The summed E-state index contributed by atoms with van der Waals surface area (Å²) >= 11 is 5.69. The molecule has 0 bridgehead atoms. The molecule has 0 heterocycles. The first kappa shape index (κ1) is 14.1. The predicted octanol–water partition coefficient (Wildman–Crippen LogP) is 3.64.